The lowest BCUT2D eigenvalue weighted by Gasteiger charge is -2.26. The summed E-state index contributed by atoms with van der Waals surface area (Å²) in [5.74, 6) is 1.88. The predicted molar refractivity (Wildman–Crippen MR) is 91.3 cm³/mol. The Labute approximate surface area is 132 Å². The highest BCUT2D eigenvalue weighted by Crippen LogP contribution is 2.25. The number of halogens is 1. The SMILES string of the molecule is CCCNc1cccc(N(C)C(C)c2ccc(Cl)cc2)n1. The topological polar surface area (TPSA) is 28.2 Å². The molecule has 0 aliphatic rings. The number of nitrogens with one attached hydrogen (secondary N) is 1. The molecule has 2 aromatic rings. The van der Waals surface area contributed by atoms with Crippen molar-refractivity contribution in [3.8, 4) is 0 Å². The maximum atomic E-state index is 5.95. The third-order valence-corrected chi connectivity index (χ3v) is 3.84. The van der Waals surface area contributed by atoms with E-state index in [-0.39, 0.29) is 6.04 Å². The van der Waals surface area contributed by atoms with Gasteiger partial charge >= 0.3 is 0 Å². The molecule has 0 spiro atoms. The molecule has 1 aromatic heterocycles. The Hall–Kier alpha value is -1.74. The van der Waals surface area contributed by atoms with Crippen LogP contribution in [-0.2, 0) is 0 Å². The van der Waals surface area contributed by atoms with Gasteiger partial charge in [0.25, 0.3) is 0 Å². The zero-order valence-electron chi connectivity index (χ0n) is 12.8. The first-order valence-electron chi connectivity index (χ1n) is 7.31. The molecule has 1 atom stereocenters. The van der Waals surface area contributed by atoms with Crippen molar-refractivity contribution in [2.45, 2.75) is 26.3 Å². The van der Waals surface area contributed by atoms with Crippen molar-refractivity contribution in [2.24, 2.45) is 0 Å². The molecule has 0 aliphatic heterocycles. The Morgan fingerprint density at radius 2 is 1.90 bits per heavy atom. The molecule has 0 amide bonds. The molecule has 3 nitrogen and oxygen atoms in total. The Bertz CT molecular complexity index is 569. The van der Waals surface area contributed by atoms with Gasteiger partial charge in [-0.1, -0.05) is 36.7 Å². The van der Waals surface area contributed by atoms with Gasteiger partial charge in [0.15, 0.2) is 0 Å². The molecule has 1 aromatic carbocycles. The minimum absolute atomic E-state index is 0.233. The van der Waals surface area contributed by atoms with Gasteiger partial charge in [0.1, 0.15) is 11.6 Å². The van der Waals surface area contributed by atoms with Crippen molar-refractivity contribution in [3.63, 3.8) is 0 Å². The number of nitrogens with zero attached hydrogens (tertiary/aromatic N) is 2. The quantitative estimate of drug-likeness (QED) is 0.834. The van der Waals surface area contributed by atoms with Crippen molar-refractivity contribution in [2.75, 3.05) is 23.8 Å². The summed E-state index contributed by atoms with van der Waals surface area (Å²) in [5, 5.41) is 4.08. The molecule has 2 rings (SSSR count). The smallest absolute Gasteiger partial charge is 0.131 e. The van der Waals surface area contributed by atoms with E-state index in [1.165, 1.54) is 5.56 Å². The standard InChI is InChI=1S/C17H22ClN3/c1-4-12-19-16-6-5-7-17(20-16)21(3)13(2)14-8-10-15(18)11-9-14/h5-11,13H,4,12H2,1-3H3,(H,19,20). The molecule has 0 fully saturated rings. The zero-order chi connectivity index (χ0) is 15.2. The number of pyridine rings is 1. The fourth-order valence-corrected chi connectivity index (χ4v) is 2.26. The van der Waals surface area contributed by atoms with Gasteiger partial charge < -0.3 is 10.2 Å². The van der Waals surface area contributed by atoms with E-state index in [1.54, 1.807) is 0 Å². The zero-order valence-corrected chi connectivity index (χ0v) is 13.6. The van der Waals surface area contributed by atoms with E-state index in [9.17, 15) is 0 Å². The summed E-state index contributed by atoms with van der Waals surface area (Å²) in [6.07, 6.45) is 1.09. The minimum Gasteiger partial charge on any atom is -0.370 e. The molecular weight excluding hydrogens is 282 g/mol. The molecule has 21 heavy (non-hydrogen) atoms. The monoisotopic (exact) mass is 303 g/mol. The first-order valence-corrected chi connectivity index (χ1v) is 7.69. The largest absolute Gasteiger partial charge is 0.370 e. The normalized spacial score (nSPS) is 12.0. The van der Waals surface area contributed by atoms with Crippen LogP contribution < -0.4 is 10.2 Å². The molecule has 0 bridgehead atoms. The maximum absolute atomic E-state index is 5.95. The molecule has 4 heteroatoms. The van der Waals surface area contributed by atoms with Gasteiger partial charge in [-0.25, -0.2) is 4.98 Å². The Kier molecular flexibility index (Phi) is 5.45. The average Bonchev–Trinajstić information content (AvgIpc) is 2.52. The van der Waals surface area contributed by atoms with Crippen LogP contribution >= 0.6 is 11.6 Å². The molecule has 0 aliphatic carbocycles. The number of hydrogen-bond donors (Lipinski definition) is 1. The van der Waals surface area contributed by atoms with Gasteiger partial charge in [0, 0.05) is 18.6 Å². The molecule has 0 radical (unpaired) electrons. The van der Waals surface area contributed by atoms with Gasteiger partial charge in [0.2, 0.25) is 0 Å². The van der Waals surface area contributed by atoms with Gasteiger partial charge in [0.05, 0.1) is 6.04 Å². The van der Waals surface area contributed by atoms with Crippen LogP contribution in [0.2, 0.25) is 5.02 Å². The van der Waals surface area contributed by atoms with Crippen LogP contribution in [0, 0.1) is 0 Å². The highest BCUT2D eigenvalue weighted by Gasteiger charge is 2.13. The summed E-state index contributed by atoms with van der Waals surface area (Å²) in [4.78, 5) is 6.83. The third kappa shape index (κ3) is 4.11. The summed E-state index contributed by atoms with van der Waals surface area (Å²) in [6, 6.07) is 14.3. The Morgan fingerprint density at radius 3 is 2.57 bits per heavy atom. The number of hydrogen-bond acceptors (Lipinski definition) is 3. The van der Waals surface area contributed by atoms with Crippen LogP contribution in [-0.4, -0.2) is 18.6 Å². The van der Waals surface area contributed by atoms with Gasteiger partial charge in [-0.2, -0.15) is 0 Å². The van der Waals surface area contributed by atoms with E-state index >= 15 is 0 Å². The fraction of sp³-hybridized carbons (Fsp3) is 0.353. The first kappa shape index (κ1) is 15.6. The second kappa shape index (κ2) is 7.32. The van der Waals surface area contributed by atoms with Crippen molar-refractivity contribution in [1.29, 1.82) is 0 Å². The highest BCUT2D eigenvalue weighted by atomic mass is 35.5. The average molecular weight is 304 g/mol. The highest BCUT2D eigenvalue weighted by molar-refractivity contribution is 6.30. The minimum atomic E-state index is 0.233. The van der Waals surface area contributed by atoms with E-state index in [2.05, 4.69) is 48.2 Å². The van der Waals surface area contributed by atoms with Crippen LogP contribution in [0.25, 0.3) is 0 Å². The van der Waals surface area contributed by atoms with Crippen LogP contribution in [0.15, 0.2) is 42.5 Å². The molecule has 0 saturated carbocycles. The van der Waals surface area contributed by atoms with E-state index in [0.29, 0.717) is 0 Å². The molecule has 112 valence electrons. The molecule has 1 heterocycles. The number of benzene rings is 1. The summed E-state index contributed by atoms with van der Waals surface area (Å²) in [6.45, 7) is 5.25. The van der Waals surface area contributed by atoms with Crippen molar-refractivity contribution >= 4 is 23.2 Å². The summed E-state index contributed by atoms with van der Waals surface area (Å²) in [7, 11) is 2.06. The Balaban J connectivity index is 2.14. The van der Waals surface area contributed by atoms with Gasteiger partial charge in [-0.3, -0.25) is 0 Å². The fourth-order valence-electron chi connectivity index (χ4n) is 2.13. The van der Waals surface area contributed by atoms with E-state index in [0.717, 1.165) is 29.6 Å². The number of anilines is 2. The Morgan fingerprint density at radius 1 is 1.19 bits per heavy atom. The second-order valence-electron chi connectivity index (χ2n) is 5.15. The van der Waals surface area contributed by atoms with E-state index in [4.69, 9.17) is 11.6 Å². The first-order chi connectivity index (χ1) is 10.1. The number of rotatable bonds is 6. The predicted octanol–water partition coefficient (Wildman–Crippen LogP) is 4.75. The van der Waals surface area contributed by atoms with Crippen molar-refractivity contribution in [3.05, 3.63) is 53.1 Å². The van der Waals surface area contributed by atoms with Gasteiger partial charge in [-0.05, 0) is 43.2 Å². The van der Waals surface area contributed by atoms with E-state index < -0.39 is 0 Å². The molecule has 1 unspecified atom stereocenters. The summed E-state index contributed by atoms with van der Waals surface area (Å²) < 4.78 is 0. The molecular formula is C17H22ClN3. The molecule has 1 N–H and O–H groups in total. The van der Waals surface area contributed by atoms with Crippen molar-refractivity contribution in [1.82, 2.24) is 4.98 Å². The van der Waals surface area contributed by atoms with Crippen molar-refractivity contribution < 1.29 is 0 Å². The van der Waals surface area contributed by atoms with Crippen LogP contribution in [0.4, 0.5) is 11.6 Å². The van der Waals surface area contributed by atoms with E-state index in [1.807, 2.05) is 30.3 Å². The summed E-state index contributed by atoms with van der Waals surface area (Å²) >= 11 is 5.95. The lowest BCUT2D eigenvalue weighted by atomic mass is 10.1. The van der Waals surface area contributed by atoms with Crippen LogP contribution in [0.5, 0.6) is 0 Å². The van der Waals surface area contributed by atoms with Gasteiger partial charge in [-0.15, -0.1) is 0 Å². The van der Waals surface area contributed by atoms with Crippen LogP contribution in [0.1, 0.15) is 31.9 Å². The lowest BCUT2D eigenvalue weighted by Crippen LogP contribution is -2.22. The third-order valence-electron chi connectivity index (χ3n) is 3.59. The summed E-state index contributed by atoms with van der Waals surface area (Å²) in [5.41, 5.74) is 1.22. The second-order valence-corrected chi connectivity index (χ2v) is 5.58. The number of aromatic nitrogens is 1. The lowest BCUT2D eigenvalue weighted by molar-refractivity contribution is 0.729. The van der Waals surface area contributed by atoms with Crippen LogP contribution in [0.3, 0.4) is 0 Å². The molecule has 0 saturated heterocycles. The maximum Gasteiger partial charge on any atom is 0.131 e.